The lowest BCUT2D eigenvalue weighted by atomic mass is 9.89. The van der Waals surface area contributed by atoms with Crippen molar-refractivity contribution >= 4 is 68.3 Å². The van der Waals surface area contributed by atoms with Crippen LogP contribution < -0.4 is 25.8 Å². The fraction of sp³-hybridized carbons (Fsp3) is 0.0556. The molecule has 0 fully saturated rings. The lowest BCUT2D eigenvalue weighted by Gasteiger charge is -2.35. The molecule has 7 nitrogen and oxygen atoms in total. The Bertz CT molecular complexity index is 1980. The van der Waals surface area contributed by atoms with E-state index in [-0.39, 0.29) is 16.9 Å². The van der Waals surface area contributed by atoms with Gasteiger partial charge in [-0.25, -0.2) is 0 Å². The van der Waals surface area contributed by atoms with Crippen LogP contribution in [-0.2, 0) is 0 Å². The zero-order chi connectivity index (χ0) is 30.8. The first kappa shape index (κ1) is 28.4. The monoisotopic (exact) mass is 628 g/mol. The van der Waals surface area contributed by atoms with Gasteiger partial charge in [0.15, 0.2) is 10.9 Å². The Kier molecular flexibility index (Phi) is 7.77. The molecule has 45 heavy (non-hydrogen) atoms. The van der Waals surface area contributed by atoms with Gasteiger partial charge in [0.25, 0.3) is 5.91 Å². The second kappa shape index (κ2) is 12.3. The van der Waals surface area contributed by atoms with Gasteiger partial charge in [-0.2, -0.15) is 0 Å². The SMILES string of the molecule is COc1ccc(NC(=S)NNC(=O)c2ccc(N3C(c4cc5ccccc5o4)=CC(c4cccs4)c4ccccc43)cc2)cc1. The number of para-hydroxylation sites is 2. The number of hydrogen-bond donors (Lipinski definition) is 3. The second-order valence-corrected chi connectivity index (χ2v) is 11.8. The van der Waals surface area contributed by atoms with Crippen molar-refractivity contribution in [2.75, 3.05) is 17.3 Å². The average Bonchev–Trinajstić information content (AvgIpc) is 3.78. The van der Waals surface area contributed by atoms with Gasteiger partial charge >= 0.3 is 0 Å². The number of anilines is 3. The summed E-state index contributed by atoms with van der Waals surface area (Å²) in [6, 6.07) is 37.6. The number of amides is 1. The zero-order valence-corrected chi connectivity index (χ0v) is 25.8. The number of hydrazine groups is 1. The van der Waals surface area contributed by atoms with Crippen molar-refractivity contribution in [1.82, 2.24) is 10.9 Å². The van der Waals surface area contributed by atoms with Crippen LogP contribution in [0.25, 0.3) is 16.7 Å². The van der Waals surface area contributed by atoms with Crippen molar-refractivity contribution in [2.45, 2.75) is 5.92 Å². The average molecular weight is 629 g/mol. The topological polar surface area (TPSA) is 78.8 Å². The van der Waals surface area contributed by atoms with E-state index in [9.17, 15) is 4.79 Å². The van der Waals surface area contributed by atoms with E-state index in [1.807, 2.05) is 54.6 Å². The van der Waals surface area contributed by atoms with Crippen LogP contribution in [0.4, 0.5) is 17.1 Å². The number of fused-ring (bicyclic) bond motifs is 2. The number of thiophene rings is 1. The Morgan fingerprint density at radius 1 is 0.889 bits per heavy atom. The highest BCUT2D eigenvalue weighted by molar-refractivity contribution is 7.80. The van der Waals surface area contributed by atoms with E-state index in [0.717, 1.165) is 45.2 Å². The molecule has 6 aromatic rings. The van der Waals surface area contributed by atoms with Gasteiger partial charge in [0.05, 0.1) is 18.5 Å². The molecular weight excluding hydrogens is 601 g/mol. The fourth-order valence-electron chi connectivity index (χ4n) is 5.47. The van der Waals surface area contributed by atoms with Gasteiger partial charge in [-0.05, 0) is 102 Å². The molecule has 2 aromatic heterocycles. The molecule has 1 atom stereocenters. The summed E-state index contributed by atoms with van der Waals surface area (Å²) >= 11 is 7.09. The molecule has 9 heteroatoms. The number of furan rings is 1. The molecule has 1 aliphatic heterocycles. The molecule has 0 saturated heterocycles. The number of rotatable bonds is 6. The Morgan fingerprint density at radius 3 is 2.42 bits per heavy atom. The Labute approximate surface area is 269 Å². The van der Waals surface area contributed by atoms with Crippen molar-refractivity contribution in [1.29, 1.82) is 0 Å². The molecule has 7 rings (SSSR count). The number of allylic oxidation sites excluding steroid dienone is 1. The van der Waals surface area contributed by atoms with Crippen molar-refractivity contribution in [3.8, 4) is 5.75 Å². The molecule has 1 unspecified atom stereocenters. The van der Waals surface area contributed by atoms with E-state index >= 15 is 0 Å². The maximum absolute atomic E-state index is 13.0. The van der Waals surface area contributed by atoms with Gasteiger partial charge in [-0.15, -0.1) is 11.3 Å². The number of methoxy groups -OCH3 is 1. The van der Waals surface area contributed by atoms with Crippen LogP contribution in [-0.4, -0.2) is 18.1 Å². The minimum Gasteiger partial charge on any atom is -0.497 e. The van der Waals surface area contributed by atoms with Crippen LogP contribution in [0.15, 0.2) is 131 Å². The van der Waals surface area contributed by atoms with Gasteiger partial charge in [0, 0.05) is 33.1 Å². The summed E-state index contributed by atoms with van der Waals surface area (Å²) in [5, 5.41) is 6.45. The maximum atomic E-state index is 13.0. The largest absolute Gasteiger partial charge is 0.497 e. The summed E-state index contributed by atoms with van der Waals surface area (Å²) < 4.78 is 11.6. The van der Waals surface area contributed by atoms with Crippen LogP contribution in [0, 0.1) is 0 Å². The molecule has 0 radical (unpaired) electrons. The van der Waals surface area contributed by atoms with E-state index < -0.39 is 0 Å². The maximum Gasteiger partial charge on any atom is 0.269 e. The number of carbonyl (C=O) groups is 1. The number of hydrogen-bond acceptors (Lipinski definition) is 6. The normalized spacial score (nSPS) is 13.9. The Hall–Kier alpha value is -5.38. The Morgan fingerprint density at radius 2 is 1.67 bits per heavy atom. The quantitative estimate of drug-likeness (QED) is 0.126. The first-order valence-corrected chi connectivity index (χ1v) is 15.6. The number of benzene rings is 4. The van der Waals surface area contributed by atoms with E-state index in [2.05, 4.69) is 81.1 Å². The summed E-state index contributed by atoms with van der Waals surface area (Å²) in [4.78, 5) is 16.5. The van der Waals surface area contributed by atoms with Crippen molar-refractivity contribution in [2.24, 2.45) is 0 Å². The highest BCUT2D eigenvalue weighted by Crippen LogP contribution is 2.48. The third kappa shape index (κ3) is 5.78. The van der Waals surface area contributed by atoms with E-state index in [4.69, 9.17) is 21.4 Å². The van der Waals surface area contributed by atoms with Crippen LogP contribution in [0.1, 0.15) is 32.5 Å². The van der Waals surface area contributed by atoms with Gasteiger partial charge in [0.1, 0.15) is 11.3 Å². The van der Waals surface area contributed by atoms with E-state index in [1.165, 1.54) is 10.4 Å². The molecule has 3 heterocycles. The minimum atomic E-state index is -0.315. The number of nitrogens with zero attached hydrogens (tertiary/aromatic N) is 1. The van der Waals surface area contributed by atoms with Crippen LogP contribution in [0.3, 0.4) is 0 Å². The summed E-state index contributed by atoms with van der Waals surface area (Å²) in [6.07, 6.45) is 2.27. The molecule has 1 amide bonds. The first-order chi connectivity index (χ1) is 22.1. The van der Waals surface area contributed by atoms with Crippen molar-refractivity contribution < 1.29 is 13.9 Å². The van der Waals surface area contributed by atoms with E-state index in [1.54, 1.807) is 30.6 Å². The summed E-state index contributed by atoms with van der Waals surface area (Å²) in [6.45, 7) is 0. The van der Waals surface area contributed by atoms with Crippen LogP contribution in [0.5, 0.6) is 5.75 Å². The molecule has 0 saturated carbocycles. The number of thiocarbonyl (C=S) groups is 1. The molecule has 1 aliphatic rings. The van der Waals surface area contributed by atoms with Gasteiger partial charge in [-0.3, -0.25) is 15.6 Å². The van der Waals surface area contributed by atoms with Crippen LogP contribution >= 0.6 is 23.6 Å². The number of ether oxygens (including phenoxy) is 1. The number of carbonyl (C=O) groups excluding carboxylic acids is 1. The Balaban J connectivity index is 1.16. The molecule has 0 aliphatic carbocycles. The van der Waals surface area contributed by atoms with Gasteiger partial charge in [0.2, 0.25) is 0 Å². The fourth-order valence-corrected chi connectivity index (χ4v) is 6.45. The summed E-state index contributed by atoms with van der Waals surface area (Å²) in [5.41, 5.74) is 11.6. The first-order valence-electron chi connectivity index (χ1n) is 14.3. The van der Waals surface area contributed by atoms with Crippen LogP contribution in [0.2, 0.25) is 0 Å². The summed E-state index contributed by atoms with van der Waals surface area (Å²) in [5.74, 6) is 1.28. The van der Waals surface area contributed by atoms with Gasteiger partial charge < -0.3 is 19.4 Å². The molecule has 3 N–H and O–H groups in total. The third-order valence-corrected chi connectivity index (χ3v) is 8.79. The molecule has 0 spiro atoms. The standard InChI is InChI=1S/C36H28N4O3S2/c1-42-27-18-14-25(15-19-27)37-36(44)39-38-35(41)23-12-16-26(17-13-23)40-30-9-4-3-8-28(30)29(34-11-6-20-45-34)22-31(40)33-21-24-7-2-5-10-32(24)43-33/h2-22,29H,1H3,(H,38,41)(H2,37,39,44). The highest BCUT2D eigenvalue weighted by atomic mass is 32.1. The summed E-state index contributed by atoms with van der Waals surface area (Å²) in [7, 11) is 1.61. The molecular formula is C36H28N4O3S2. The predicted molar refractivity (Wildman–Crippen MR) is 185 cm³/mol. The zero-order valence-electron chi connectivity index (χ0n) is 24.2. The lowest BCUT2D eigenvalue weighted by Crippen LogP contribution is -2.43. The van der Waals surface area contributed by atoms with Crippen molar-refractivity contribution in [3.63, 3.8) is 0 Å². The predicted octanol–water partition coefficient (Wildman–Crippen LogP) is 8.46. The van der Waals surface area contributed by atoms with Gasteiger partial charge in [-0.1, -0.05) is 42.5 Å². The highest BCUT2D eigenvalue weighted by Gasteiger charge is 2.31. The molecule has 222 valence electrons. The minimum absolute atomic E-state index is 0.0761. The second-order valence-electron chi connectivity index (χ2n) is 10.4. The lowest BCUT2D eigenvalue weighted by molar-refractivity contribution is 0.0944. The smallest absolute Gasteiger partial charge is 0.269 e. The van der Waals surface area contributed by atoms with Crippen molar-refractivity contribution in [3.05, 3.63) is 148 Å². The third-order valence-electron chi connectivity index (χ3n) is 7.63. The molecule has 0 bridgehead atoms. The number of nitrogens with one attached hydrogen (secondary N) is 3. The molecule has 4 aromatic carbocycles. The van der Waals surface area contributed by atoms with E-state index in [0.29, 0.717) is 5.56 Å².